The lowest BCUT2D eigenvalue weighted by Gasteiger charge is -2.42. The van der Waals surface area contributed by atoms with Gasteiger partial charge in [0.05, 0.1) is 0 Å². The van der Waals surface area contributed by atoms with Gasteiger partial charge >= 0.3 is 0 Å². The molecular weight excluding hydrogens is 579 g/mol. The maximum Gasteiger partial charge on any atom is 0.270 e. The van der Waals surface area contributed by atoms with Crippen LogP contribution in [0.3, 0.4) is 0 Å². The van der Waals surface area contributed by atoms with Gasteiger partial charge in [-0.15, -0.1) is 12.8 Å². The topological polar surface area (TPSA) is 94.3 Å². The highest BCUT2D eigenvalue weighted by atomic mass is 19.1. The van der Waals surface area contributed by atoms with Crippen LogP contribution in [0.1, 0.15) is 91.8 Å². The third-order valence-corrected chi connectivity index (χ3v) is 8.25. The number of Topliss-reactive ketones (excluding diaryl/α,β-unsaturated/α-hetero) is 1. The molecule has 0 spiro atoms. The summed E-state index contributed by atoms with van der Waals surface area (Å²) >= 11 is 0. The quantitative estimate of drug-likeness (QED) is 0.227. The zero-order valence-electron chi connectivity index (χ0n) is 27.5. The molecule has 0 atom stereocenters. The van der Waals surface area contributed by atoms with Crippen molar-refractivity contribution in [2.75, 3.05) is 13.1 Å². The molecule has 2 aliphatic rings. The minimum absolute atomic E-state index is 0.0565. The number of rotatable bonds is 9. The number of terminal acetylenes is 1. The van der Waals surface area contributed by atoms with E-state index in [1.165, 1.54) is 30.5 Å². The van der Waals surface area contributed by atoms with E-state index >= 15 is 0 Å². The lowest BCUT2D eigenvalue weighted by atomic mass is 9.81. The van der Waals surface area contributed by atoms with E-state index in [2.05, 4.69) is 55.3 Å². The first-order valence-electron chi connectivity index (χ1n) is 15.9. The molecule has 1 aliphatic heterocycles. The molecular formula is C38H47FN4O3. The molecule has 1 saturated carbocycles. The largest absolute Gasteiger partial charge is 0.384 e. The second-order valence-electron chi connectivity index (χ2n) is 12.5. The molecule has 1 aliphatic carbocycles. The van der Waals surface area contributed by atoms with Gasteiger partial charge in [-0.2, -0.15) is 0 Å². The minimum atomic E-state index is -0.342. The maximum atomic E-state index is 13.1. The highest BCUT2D eigenvalue weighted by Gasteiger charge is 2.36. The van der Waals surface area contributed by atoms with E-state index in [0.717, 1.165) is 41.7 Å². The Morgan fingerprint density at radius 3 is 2.30 bits per heavy atom. The third kappa shape index (κ3) is 10.2. The number of benzene rings is 2. The molecule has 0 bridgehead atoms. The summed E-state index contributed by atoms with van der Waals surface area (Å²) < 4.78 is 13.1. The number of aromatic amines is 1. The Kier molecular flexibility index (Phi) is 13.4. The average molecular weight is 627 g/mol. The van der Waals surface area contributed by atoms with E-state index in [1.54, 1.807) is 42.3 Å². The first-order chi connectivity index (χ1) is 22.1. The van der Waals surface area contributed by atoms with Crippen LogP contribution < -0.4 is 10.6 Å². The predicted molar refractivity (Wildman–Crippen MR) is 181 cm³/mol. The van der Waals surface area contributed by atoms with Crippen molar-refractivity contribution in [3.8, 4) is 12.8 Å². The lowest BCUT2D eigenvalue weighted by molar-refractivity contribution is -0.116. The van der Waals surface area contributed by atoms with E-state index in [-0.39, 0.29) is 28.8 Å². The van der Waals surface area contributed by atoms with Crippen LogP contribution in [0.15, 0.2) is 78.1 Å². The number of hydrogen-bond acceptors (Lipinski definition) is 4. The molecule has 1 fully saturated rings. The van der Waals surface area contributed by atoms with E-state index in [1.807, 2.05) is 18.2 Å². The van der Waals surface area contributed by atoms with Crippen LogP contribution in [0.5, 0.6) is 0 Å². The van der Waals surface area contributed by atoms with Gasteiger partial charge in [-0.3, -0.25) is 14.4 Å². The van der Waals surface area contributed by atoms with Crippen molar-refractivity contribution < 1.29 is 18.8 Å². The van der Waals surface area contributed by atoms with Crippen LogP contribution in [0, 0.1) is 24.1 Å². The third-order valence-electron chi connectivity index (χ3n) is 8.25. The summed E-state index contributed by atoms with van der Waals surface area (Å²) in [6.07, 6.45) is 15.8. The molecule has 7 nitrogen and oxygen atoms in total. The summed E-state index contributed by atoms with van der Waals surface area (Å²) in [4.78, 5) is 41.4. The van der Waals surface area contributed by atoms with Crippen LogP contribution in [-0.2, 0) is 17.8 Å². The smallest absolute Gasteiger partial charge is 0.270 e. The maximum absolute atomic E-state index is 13.1. The lowest BCUT2D eigenvalue weighted by Crippen LogP contribution is -2.48. The Bertz CT molecular complexity index is 1500. The summed E-state index contributed by atoms with van der Waals surface area (Å²) in [6.45, 7) is 9.27. The molecule has 244 valence electrons. The second-order valence-corrected chi connectivity index (χ2v) is 12.5. The van der Waals surface area contributed by atoms with Gasteiger partial charge in [0.1, 0.15) is 17.3 Å². The predicted octanol–water partition coefficient (Wildman–Crippen LogP) is 6.83. The van der Waals surface area contributed by atoms with Crippen molar-refractivity contribution in [3.63, 3.8) is 0 Å². The molecule has 8 heteroatoms. The average Bonchev–Trinajstić information content (AvgIpc) is 3.77. The zero-order valence-corrected chi connectivity index (χ0v) is 27.5. The van der Waals surface area contributed by atoms with Crippen molar-refractivity contribution in [2.24, 2.45) is 5.41 Å². The fourth-order valence-corrected chi connectivity index (χ4v) is 6.05. The first kappa shape index (κ1) is 35.8. The summed E-state index contributed by atoms with van der Waals surface area (Å²) in [6, 6.07) is 18.2. The van der Waals surface area contributed by atoms with Crippen molar-refractivity contribution >= 4 is 17.6 Å². The molecule has 5 rings (SSSR count). The standard InChI is InChI=1S/C22H26FN3O2.C14H19NO.C2H2/c1-15(27)11-17-13-26(21(28)19-5-4-10-24-19)14-22(2,3)20(17)25-12-16-6-8-18(23)9-7-16;1-2-11-6-5-7-12(10-11)14(16)15-13-8-3-4-9-13;1-2/h4-10,24-25H,11-14H2,1-3H3;5-7,10,13H,2-4,8-9H2,1H3,(H,15,16);1-2H. The number of aryl methyl sites for hydroxylation is 1. The molecule has 3 N–H and O–H groups in total. The zero-order chi connectivity index (χ0) is 33.7. The van der Waals surface area contributed by atoms with Gasteiger partial charge in [0, 0.05) is 55.0 Å². The van der Waals surface area contributed by atoms with Crippen LogP contribution in [-0.4, -0.2) is 46.6 Å². The SMILES string of the molecule is C#C.CC(=O)CC1=C(NCc2ccc(F)cc2)C(C)(C)CN(C(=O)c2ccc[nH]2)C1.CCc1cccc(C(=O)NC2CCCC2)c1. The van der Waals surface area contributed by atoms with Crippen molar-refractivity contribution in [1.29, 1.82) is 0 Å². The molecule has 2 heterocycles. The van der Waals surface area contributed by atoms with Gasteiger partial charge < -0.3 is 20.5 Å². The van der Waals surface area contributed by atoms with Crippen LogP contribution in [0.4, 0.5) is 4.39 Å². The summed E-state index contributed by atoms with van der Waals surface area (Å²) in [5.41, 5.74) is 5.09. The van der Waals surface area contributed by atoms with Gasteiger partial charge in [-0.25, -0.2) is 4.39 Å². The van der Waals surface area contributed by atoms with E-state index in [4.69, 9.17) is 0 Å². The number of aromatic nitrogens is 1. The molecule has 46 heavy (non-hydrogen) atoms. The number of amides is 2. The number of carbonyl (C=O) groups excluding carboxylic acids is 3. The Morgan fingerprint density at radius 2 is 1.70 bits per heavy atom. The first-order valence-corrected chi connectivity index (χ1v) is 15.9. The number of carbonyl (C=O) groups is 3. The van der Waals surface area contributed by atoms with Crippen LogP contribution in [0.25, 0.3) is 0 Å². The van der Waals surface area contributed by atoms with Crippen molar-refractivity contribution in [2.45, 2.75) is 78.8 Å². The number of nitrogens with one attached hydrogen (secondary N) is 3. The number of hydrogen-bond donors (Lipinski definition) is 3. The minimum Gasteiger partial charge on any atom is -0.384 e. The Labute approximate surface area is 273 Å². The summed E-state index contributed by atoms with van der Waals surface area (Å²) in [7, 11) is 0. The number of halogens is 1. The van der Waals surface area contributed by atoms with E-state index < -0.39 is 0 Å². The van der Waals surface area contributed by atoms with E-state index in [9.17, 15) is 18.8 Å². The molecule has 1 aromatic heterocycles. The molecule has 3 aromatic rings. The van der Waals surface area contributed by atoms with Crippen molar-refractivity contribution in [3.05, 3.63) is 106 Å². The molecule has 0 saturated heterocycles. The highest BCUT2D eigenvalue weighted by molar-refractivity contribution is 5.94. The Hall–Kier alpha value is -4.64. The van der Waals surface area contributed by atoms with Gasteiger partial charge in [0.2, 0.25) is 0 Å². The van der Waals surface area contributed by atoms with Gasteiger partial charge in [-0.1, -0.05) is 57.9 Å². The molecule has 0 radical (unpaired) electrons. The fraction of sp³-hybridized carbons (Fsp3) is 0.395. The number of ketones is 1. The number of nitrogens with zero attached hydrogens (tertiary/aromatic N) is 1. The molecule has 2 aromatic carbocycles. The Balaban J connectivity index is 0.000000271. The van der Waals surface area contributed by atoms with Crippen LogP contribution in [0.2, 0.25) is 0 Å². The Morgan fingerprint density at radius 1 is 1.00 bits per heavy atom. The fourth-order valence-electron chi connectivity index (χ4n) is 6.05. The monoisotopic (exact) mass is 626 g/mol. The molecule has 2 amide bonds. The summed E-state index contributed by atoms with van der Waals surface area (Å²) in [5, 5.41) is 6.56. The second kappa shape index (κ2) is 17.2. The van der Waals surface area contributed by atoms with Gasteiger partial charge in [0.15, 0.2) is 0 Å². The normalized spacial score (nSPS) is 15.6. The van der Waals surface area contributed by atoms with Crippen LogP contribution >= 0.6 is 0 Å². The van der Waals surface area contributed by atoms with Gasteiger partial charge in [-0.05, 0) is 79.3 Å². The van der Waals surface area contributed by atoms with E-state index in [0.29, 0.717) is 37.8 Å². The summed E-state index contributed by atoms with van der Waals surface area (Å²) in [5.74, 6) is -0.198. The van der Waals surface area contributed by atoms with Crippen molar-refractivity contribution in [1.82, 2.24) is 20.5 Å². The number of H-pyrrole nitrogens is 1. The highest BCUT2D eigenvalue weighted by Crippen LogP contribution is 2.35. The molecule has 0 unspecified atom stereocenters. The van der Waals surface area contributed by atoms with Gasteiger partial charge in [0.25, 0.3) is 11.8 Å².